The Morgan fingerprint density at radius 2 is 2.16 bits per heavy atom. The van der Waals surface area contributed by atoms with Gasteiger partial charge in [0.1, 0.15) is 5.82 Å². The Kier molecular flexibility index (Phi) is 7.57. The first-order chi connectivity index (χ1) is 9.06. The maximum Gasteiger partial charge on any atom is 0.126 e. The minimum Gasteiger partial charge on any atom is -0.384 e. The standard InChI is InChI=1S/C15H23BrFNO/c1-4-18-14(7-11(2)10-19-3)9-12-8-13(16)5-6-15(12)17/h5-6,8,11,14,18H,4,7,9-10H2,1-3H3. The minimum atomic E-state index is -0.134. The third-order valence-corrected chi connectivity index (χ3v) is 3.60. The van der Waals surface area contributed by atoms with E-state index in [1.54, 1.807) is 13.2 Å². The molecule has 0 amide bonds. The third kappa shape index (κ3) is 6.02. The van der Waals surface area contributed by atoms with E-state index in [-0.39, 0.29) is 11.9 Å². The van der Waals surface area contributed by atoms with Gasteiger partial charge in [0.15, 0.2) is 0 Å². The van der Waals surface area contributed by atoms with Crippen molar-refractivity contribution in [1.82, 2.24) is 5.32 Å². The zero-order valence-corrected chi connectivity index (χ0v) is 13.5. The topological polar surface area (TPSA) is 21.3 Å². The van der Waals surface area contributed by atoms with Crippen molar-refractivity contribution < 1.29 is 9.13 Å². The van der Waals surface area contributed by atoms with Gasteiger partial charge < -0.3 is 10.1 Å². The third-order valence-electron chi connectivity index (χ3n) is 3.10. The fraction of sp³-hybridized carbons (Fsp3) is 0.600. The Balaban J connectivity index is 2.69. The zero-order valence-electron chi connectivity index (χ0n) is 11.9. The second-order valence-electron chi connectivity index (χ2n) is 4.99. The SMILES string of the molecule is CCNC(Cc1cc(Br)ccc1F)CC(C)COC. The Morgan fingerprint density at radius 3 is 2.79 bits per heavy atom. The van der Waals surface area contributed by atoms with Gasteiger partial charge in [0.25, 0.3) is 0 Å². The van der Waals surface area contributed by atoms with Crippen molar-refractivity contribution in [2.75, 3.05) is 20.3 Å². The largest absolute Gasteiger partial charge is 0.384 e. The molecule has 4 heteroatoms. The van der Waals surface area contributed by atoms with Gasteiger partial charge >= 0.3 is 0 Å². The summed E-state index contributed by atoms with van der Waals surface area (Å²) in [5.41, 5.74) is 0.755. The number of methoxy groups -OCH3 is 1. The van der Waals surface area contributed by atoms with E-state index in [4.69, 9.17) is 4.74 Å². The molecule has 0 aromatic heterocycles. The number of halogens is 2. The number of ether oxygens (including phenoxy) is 1. The van der Waals surface area contributed by atoms with Gasteiger partial charge in [0.2, 0.25) is 0 Å². The summed E-state index contributed by atoms with van der Waals surface area (Å²) >= 11 is 3.39. The minimum absolute atomic E-state index is 0.134. The van der Waals surface area contributed by atoms with Crippen LogP contribution >= 0.6 is 15.9 Å². The summed E-state index contributed by atoms with van der Waals surface area (Å²) in [6.07, 6.45) is 1.68. The van der Waals surface area contributed by atoms with Gasteiger partial charge in [-0.05, 0) is 49.1 Å². The molecule has 0 bridgehead atoms. The van der Waals surface area contributed by atoms with Gasteiger partial charge in [-0.3, -0.25) is 0 Å². The predicted molar refractivity (Wildman–Crippen MR) is 80.9 cm³/mol. The van der Waals surface area contributed by atoms with E-state index < -0.39 is 0 Å². The summed E-state index contributed by atoms with van der Waals surface area (Å²) in [6, 6.07) is 5.38. The van der Waals surface area contributed by atoms with Crippen LogP contribution in [0.3, 0.4) is 0 Å². The summed E-state index contributed by atoms with van der Waals surface area (Å²) in [5, 5.41) is 3.43. The molecule has 1 rings (SSSR count). The Bertz CT molecular complexity index is 386. The zero-order chi connectivity index (χ0) is 14.3. The molecule has 19 heavy (non-hydrogen) atoms. The summed E-state index contributed by atoms with van der Waals surface area (Å²) in [6.45, 7) is 5.86. The molecule has 2 atom stereocenters. The van der Waals surface area contributed by atoms with E-state index >= 15 is 0 Å². The number of nitrogens with one attached hydrogen (secondary N) is 1. The number of rotatable bonds is 8. The molecule has 1 N–H and O–H groups in total. The van der Waals surface area contributed by atoms with E-state index in [0.29, 0.717) is 12.3 Å². The summed E-state index contributed by atoms with van der Waals surface area (Å²) in [4.78, 5) is 0. The van der Waals surface area contributed by atoms with Crippen LogP contribution in [0.5, 0.6) is 0 Å². The fourth-order valence-corrected chi connectivity index (χ4v) is 2.74. The average molecular weight is 332 g/mol. The number of likely N-dealkylation sites (N-methyl/N-ethyl adjacent to an activating group) is 1. The van der Waals surface area contributed by atoms with Gasteiger partial charge in [-0.1, -0.05) is 29.8 Å². The molecule has 1 aromatic rings. The van der Waals surface area contributed by atoms with Crippen LogP contribution in [0.25, 0.3) is 0 Å². The van der Waals surface area contributed by atoms with Crippen molar-refractivity contribution in [2.45, 2.75) is 32.7 Å². The van der Waals surface area contributed by atoms with Crippen LogP contribution in [0.1, 0.15) is 25.8 Å². The van der Waals surface area contributed by atoms with Crippen molar-refractivity contribution in [3.8, 4) is 0 Å². The highest BCUT2D eigenvalue weighted by atomic mass is 79.9. The van der Waals surface area contributed by atoms with Gasteiger partial charge in [0.05, 0.1) is 0 Å². The molecular formula is C15H23BrFNO. The molecular weight excluding hydrogens is 309 g/mol. The van der Waals surface area contributed by atoms with E-state index in [1.807, 2.05) is 6.07 Å². The lowest BCUT2D eigenvalue weighted by Gasteiger charge is -2.22. The molecule has 0 spiro atoms. The van der Waals surface area contributed by atoms with Crippen LogP contribution in [0.4, 0.5) is 4.39 Å². The molecule has 2 nitrogen and oxygen atoms in total. The highest BCUT2D eigenvalue weighted by molar-refractivity contribution is 9.10. The van der Waals surface area contributed by atoms with E-state index in [0.717, 1.165) is 29.6 Å². The van der Waals surface area contributed by atoms with Crippen molar-refractivity contribution in [3.05, 3.63) is 34.1 Å². The first kappa shape index (κ1) is 16.6. The van der Waals surface area contributed by atoms with Crippen LogP contribution in [0.15, 0.2) is 22.7 Å². The monoisotopic (exact) mass is 331 g/mol. The molecule has 2 unspecified atom stereocenters. The van der Waals surface area contributed by atoms with Gasteiger partial charge in [-0.15, -0.1) is 0 Å². The van der Waals surface area contributed by atoms with Crippen LogP contribution < -0.4 is 5.32 Å². The van der Waals surface area contributed by atoms with Gasteiger partial charge in [-0.2, -0.15) is 0 Å². The molecule has 0 heterocycles. The van der Waals surface area contributed by atoms with Gasteiger partial charge in [-0.25, -0.2) is 4.39 Å². The lowest BCUT2D eigenvalue weighted by atomic mass is 9.96. The van der Waals surface area contributed by atoms with E-state index in [2.05, 4.69) is 35.1 Å². The number of benzene rings is 1. The number of hydrogen-bond donors (Lipinski definition) is 1. The molecule has 0 aliphatic rings. The smallest absolute Gasteiger partial charge is 0.126 e. The lowest BCUT2D eigenvalue weighted by molar-refractivity contribution is 0.149. The van der Waals surface area contributed by atoms with Crippen LogP contribution in [-0.4, -0.2) is 26.3 Å². The fourth-order valence-electron chi connectivity index (χ4n) is 2.33. The van der Waals surface area contributed by atoms with Crippen molar-refractivity contribution in [1.29, 1.82) is 0 Å². The highest BCUT2D eigenvalue weighted by Gasteiger charge is 2.15. The number of hydrogen-bond acceptors (Lipinski definition) is 2. The van der Waals surface area contributed by atoms with Crippen molar-refractivity contribution in [3.63, 3.8) is 0 Å². The first-order valence-electron chi connectivity index (χ1n) is 6.73. The second kappa shape index (κ2) is 8.67. The van der Waals surface area contributed by atoms with Crippen molar-refractivity contribution in [2.24, 2.45) is 5.92 Å². The Hall–Kier alpha value is -0.450. The predicted octanol–water partition coefficient (Wildman–Crippen LogP) is 3.78. The summed E-state index contributed by atoms with van der Waals surface area (Å²) in [7, 11) is 1.72. The Morgan fingerprint density at radius 1 is 1.42 bits per heavy atom. The second-order valence-corrected chi connectivity index (χ2v) is 5.91. The molecule has 0 fully saturated rings. The molecule has 0 radical (unpaired) electrons. The first-order valence-corrected chi connectivity index (χ1v) is 7.52. The van der Waals surface area contributed by atoms with Gasteiger partial charge in [0, 0.05) is 24.2 Å². The average Bonchev–Trinajstić information content (AvgIpc) is 2.34. The maximum absolute atomic E-state index is 13.8. The molecule has 0 saturated heterocycles. The van der Waals surface area contributed by atoms with Crippen LogP contribution in [-0.2, 0) is 11.2 Å². The Labute approximate surface area is 123 Å². The molecule has 108 valence electrons. The quantitative estimate of drug-likeness (QED) is 0.782. The maximum atomic E-state index is 13.8. The van der Waals surface area contributed by atoms with E-state index in [1.165, 1.54) is 6.07 Å². The highest BCUT2D eigenvalue weighted by Crippen LogP contribution is 2.19. The molecule has 0 aliphatic heterocycles. The lowest BCUT2D eigenvalue weighted by Crippen LogP contribution is -2.33. The summed E-state index contributed by atoms with van der Waals surface area (Å²) < 4.78 is 19.9. The van der Waals surface area contributed by atoms with Crippen LogP contribution in [0.2, 0.25) is 0 Å². The molecule has 1 aromatic carbocycles. The summed E-state index contributed by atoms with van der Waals surface area (Å²) in [5.74, 6) is 0.328. The molecule has 0 saturated carbocycles. The van der Waals surface area contributed by atoms with E-state index in [9.17, 15) is 4.39 Å². The molecule has 0 aliphatic carbocycles. The normalized spacial score (nSPS) is 14.4. The van der Waals surface area contributed by atoms with Crippen molar-refractivity contribution >= 4 is 15.9 Å². The van der Waals surface area contributed by atoms with Crippen LogP contribution in [0, 0.1) is 11.7 Å².